The van der Waals surface area contributed by atoms with Crippen molar-refractivity contribution in [2.24, 2.45) is 0 Å². The molecule has 3 nitrogen and oxygen atoms in total. The molecule has 0 spiro atoms. The molecule has 0 aliphatic carbocycles. The topological polar surface area (TPSA) is 30.2 Å². The zero-order valence-electron chi connectivity index (χ0n) is 10.4. The number of aryl methyl sites for hydroxylation is 2. The molecule has 0 aliphatic heterocycles. The van der Waals surface area contributed by atoms with E-state index in [2.05, 4.69) is 26.0 Å². The molecule has 0 unspecified atom stereocenters. The highest BCUT2D eigenvalue weighted by molar-refractivity contribution is 9.10. The second-order valence-electron chi connectivity index (χ2n) is 4.41. The normalized spacial score (nSPS) is 11.2. The summed E-state index contributed by atoms with van der Waals surface area (Å²) in [4.78, 5) is 4.15. The lowest BCUT2D eigenvalue weighted by Crippen LogP contribution is -2.01. The highest BCUT2D eigenvalue weighted by Gasteiger charge is 2.07. The summed E-state index contributed by atoms with van der Waals surface area (Å²) >= 11 is 3.35. The van der Waals surface area contributed by atoms with E-state index in [1.807, 2.05) is 12.1 Å². The third kappa shape index (κ3) is 2.56. The maximum atomic E-state index is 13.5. The fourth-order valence-electron chi connectivity index (χ4n) is 2.01. The van der Waals surface area contributed by atoms with Gasteiger partial charge in [-0.15, -0.1) is 0 Å². The van der Waals surface area contributed by atoms with Gasteiger partial charge in [-0.2, -0.15) is 5.10 Å². The van der Waals surface area contributed by atoms with Crippen molar-refractivity contribution in [3.05, 3.63) is 64.0 Å². The molecular weight excluding hydrogens is 328 g/mol. The van der Waals surface area contributed by atoms with Gasteiger partial charge in [-0.05, 0) is 64.7 Å². The van der Waals surface area contributed by atoms with Gasteiger partial charge in [-0.1, -0.05) is 0 Å². The van der Waals surface area contributed by atoms with Crippen LogP contribution in [-0.4, -0.2) is 14.6 Å². The highest BCUT2D eigenvalue weighted by atomic mass is 79.9. The lowest BCUT2D eigenvalue weighted by atomic mass is 10.1. The summed E-state index contributed by atoms with van der Waals surface area (Å²) in [6.45, 7) is 0. The van der Waals surface area contributed by atoms with Crippen LogP contribution in [0.25, 0.3) is 5.65 Å². The molecule has 102 valence electrons. The smallest absolute Gasteiger partial charge is 0.154 e. The van der Waals surface area contributed by atoms with Crippen LogP contribution >= 0.6 is 15.9 Å². The average Bonchev–Trinajstić information content (AvgIpc) is 2.81. The molecule has 3 rings (SSSR count). The molecule has 6 heteroatoms. The molecule has 0 amide bonds. The zero-order valence-corrected chi connectivity index (χ0v) is 11.9. The van der Waals surface area contributed by atoms with E-state index in [1.165, 1.54) is 6.07 Å². The quantitative estimate of drug-likeness (QED) is 0.731. The minimum atomic E-state index is -0.429. The Labute approximate surface area is 122 Å². The highest BCUT2D eigenvalue weighted by Crippen LogP contribution is 2.15. The Hall–Kier alpha value is -1.82. The Bertz CT molecular complexity index is 770. The first kappa shape index (κ1) is 13.2. The number of halogens is 3. The average molecular weight is 338 g/mol. The first-order valence-electron chi connectivity index (χ1n) is 6.06. The lowest BCUT2D eigenvalue weighted by molar-refractivity contribution is 0.583. The molecule has 1 aromatic carbocycles. The molecule has 2 heterocycles. The van der Waals surface area contributed by atoms with Gasteiger partial charge in [-0.25, -0.2) is 18.3 Å². The van der Waals surface area contributed by atoms with Crippen LogP contribution in [0.5, 0.6) is 0 Å². The number of aromatic nitrogens is 3. The molecule has 0 radical (unpaired) electrons. The minimum absolute atomic E-state index is 0.358. The zero-order chi connectivity index (χ0) is 14.1. The molecule has 0 atom stereocenters. The maximum Gasteiger partial charge on any atom is 0.154 e. The summed E-state index contributed by atoms with van der Waals surface area (Å²) in [6.07, 6.45) is 2.59. The van der Waals surface area contributed by atoms with Gasteiger partial charge in [0.15, 0.2) is 5.65 Å². The van der Waals surface area contributed by atoms with Gasteiger partial charge >= 0.3 is 0 Å². The Morgan fingerprint density at radius 3 is 2.80 bits per heavy atom. The van der Waals surface area contributed by atoms with E-state index >= 15 is 0 Å². The van der Waals surface area contributed by atoms with E-state index in [-0.39, 0.29) is 0 Å². The van der Waals surface area contributed by atoms with E-state index in [4.69, 9.17) is 0 Å². The number of fused-ring (bicyclic) bond motifs is 1. The van der Waals surface area contributed by atoms with Crippen LogP contribution in [-0.2, 0) is 12.8 Å². The van der Waals surface area contributed by atoms with E-state index < -0.39 is 11.6 Å². The molecular formula is C14H10BrF2N3. The van der Waals surface area contributed by atoms with Crippen molar-refractivity contribution in [2.45, 2.75) is 12.8 Å². The predicted molar refractivity (Wildman–Crippen MR) is 74.5 cm³/mol. The van der Waals surface area contributed by atoms with Gasteiger partial charge in [0, 0.05) is 0 Å². The molecule has 0 fully saturated rings. The summed E-state index contributed by atoms with van der Waals surface area (Å²) in [6, 6.07) is 7.17. The number of nitrogens with zero attached hydrogens (tertiary/aromatic N) is 3. The third-order valence-corrected chi connectivity index (χ3v) is 3.57. The number of hydrogen-bond donors (Lipinski definition) is 0. The van der Waals surface area contributed by atoms with Crippen LogP contribution in [0, 0.1) is 11.6 Å². The van der Waals surface area contributed by atoms with Gasteiger partial charge in [0.2, 0.25) is 0 Å². The molecule has 0 N–H and O–H groups in total. The fraction of sp³-hybridized carbons (Fsp3) is 0.143. The van der Waals surface area contributed by atoms with Gasteiger partial charge in [0.25, 0.3) is 0 Å². The van der Waals surface area contributed by atoms with Crippen LogP contribution in [0.2, 0.25) is 0 Å². The molecule has 2 aromatic heterocycles. The molecule has 0 saturated heterocycles. The minimum Gasteiger partial charge on any atom is -0.234 e. The largest absolute Gasteiger partial charge is 0.234 e. The van der Waals surface area contributed by atoms with Crippen LogP contribution in [0.3, 0.4) is 0 Å². The first-order chi connectivity index (χ1) is 9.63. The number of imidazole rings is 1. The standard InChI is InChI=1S/C14H10BrF2N3/c15-13-8-18-14-6-4-11(19-20(13)14)3-1-9-7-10(16)2-5-12(9)17/h2,4-8H,1,3H2. The van der Waals surface area contributed by atoms with Crippen LogP contribution in [0.4, 0.5) is 8.78 Å². The first-order valence-corrected chi connectivity index (χ1v) is 6.86. The Morgan fingerprint density at radius 2 is 1.95 bits per heavy atom. The summed E-state index contributed by atoms with van der Waals surface area (Å²) in [5.74, 6) is -0.821. The van der Waals surface area contributed by atoms with Crippen molar-refractivity contribution in [3.8, 4) is 0 Å². The van der Waals surface area contributed by atoms with E-state index in [0.29, 0.717) is 18.4 Å². The van der Waals surface area contributed by atoms with Crippen molar-refractivity contribution in [2.75, 3.05) is 0 Å². The molecule has 0 bridgehead atoms. The van der Waals surface area contributed by atoms with Gasteiger partial charge < -0.3 is 0 Å². The number of hydrogen-bond acceptors (Lipinski definition) is 2. The van der Waals surface area contributed by atoms with Crippen molar-refractivity contribution in [1.82, 2.24) is 14.6 Å². The number of rotatable bonds is 3. The van der Waals surface area contributed by atoms with Gasteiger partial charge in [-0.3, -0.25) is 0 Å². The van der Waals surface area contributed by atoms with Crippen molar-refractivity contribution in [1.29, 1.82) is 0 Å². The second kappa shape index (κ2) is 5.28. The summed E-state index contributed by atoms with van der Waals surface area (Å²) in [5.41, 5.74) is 1.88. The summed E-state index contributed by atoms with van der Waals surface area (Å²) < 4.78 is 29.0. The van der Waals surface area contributed by atoms with Crippen LogP contribution < -0.4 is 0 Å². The van der Waals surface area contributed by atoms with E-state index in [1.54, 1.807) is 10.7 Å². The Balaban J connectivity index is 1.82. The van der Waals surface area contributed by atoms with Gasteiger partial charge in [0.1, 0.15) is 16.2 Å². The molecule has 20 heavy (non-hydrogen) atoms. The van der Waals surface area contributed by atoms with Crippen LogP contribution in [0.1, 0.15) is 11.3 Å². The van der Waals surface area contributed by atoms with Crippen molar-refractivity contribution in [3.63, 3.8) is 0 Å². The molecule has 0 saturated carbocycles. The maximum absolute atomic E-state index is 13.5. The summed E-state index contributed by atoms with van der Waals surface area (Å²) in [7, 11) is 0. The van der Waals surface area contributed by atoms with E-state index in [0.717, 1.165) is 28.1 Å². The second-order valence-corrected chi connectivity index (χ2v) is 5.22. The van der Waals surface area contributed by atoms with Crippen molar-refractivity contribution < 1.29 is 8.78 Å². The van der Waals surface area contributed by atoms with Crippen LogP contribution in [0.15, 0.2) is 41.1 Å². The fourth-order valence-corrected chi connectivity index (χ4v) is 2.38. The monoisotopic (exact) mass is 337 g/mol. The van der Waals surface area contributed by atoms with Gasteiger partial charge in [0.05, 0.1) is 11.9 Å². The Kier molecular flexibility index (Phi) is 3.48. The lowest BCUT2D eigenvalue weighted by Gasteiger charge is -2.04. The molecule has 0 aliphatic rings. The third-order valence-electron chi connectivity index (χ3n) is 3.03. The van der Waals surface area contributed by atoms with E-state index in [9.17, 15) is 8.78 Å². The molecule has 3 aromatic rings. The number of benzene rings is 1. The summed E-state index contributed by atoms with van der Waals surface area (Å²) in [5, 5.41) is 4.39. The van der Waals surface area contributed by atoms with Crippen molar-refractivity contribution >= 4 is 21.6 Å². The SMILES string of the molecule is Fc1ccc(F)c(CCc2ccc3ncc(Br)n3n2)c1. The predicted octanol–water partition coefficient (Wildman–Crippen LogP) is 3.56. The Morgan fingerprint density at radius 1 is 1.10 bits per heavy atom.